The number of benzene rings is 2. The highest BCUT2D eigenvalue weighted by atomic mass is 16.6. The minimum Gasteiger partial charge on any atom is -0.497 e. The van der Waals surface area contributed by atoms with E-state index in [4.69, 9.17) is 14.2 Å². The molecule has 0 unspecified atom stereocenters. The molecular weight excluding hydrogens is 268 g/mol. The normalized spacial score (nSPS) is 9.76. The first-order valence-corrected chi connectivity index (χ1v) is 6.42. The topological polar surface area (TPSA) is 44.8 Å². The molecule has 2 rings (SSSR count). The Bertz CT molecular complexity index is 634. The van der Waals surface area contributed by atoms with Crippen LogP contribution in [-0.2, 0) is 11.4 Å². The molecule has 0 aliphatic rings. The van der Waals surface area contributed by atoms with E-state index >= 15 is 0 Å². The van der Waals surface area contributed by atoms with Gasteiger partial charge in [-0.2, -0.15) is 0 Å². The van der Waals surface area contributed by atoms with Crippen molar-refractivity contribution >= 4 is 5.97 Å². The van der Waals surface area contributed by atoms with Crippen LogP contribution in [0.5, 0.6) is 17.2 Å². The summed E-state index contributed by atoms with van der Waals surface area (Å²) < 4.78 is 16.0. The summed E-state index contributed by atoms with van der Waals surface area (Å²) in [5.41, 5.74) is 0.958. The van der Waals surface area contributed by atoms with Crippen LogP contribution in [0.25, 0.3) is 0 Å². The van der Waals surface area contributed by atoms with Crippen LogP contribution >= 0.6 is 0 Å². The Morgan fingerprint density at radius 2 is 1.90 bits per heavy atom. The third-order valence-corrected chi connectivity index (χ3v) is 2.75. The Morgan fingerprint density at radius 3 is 2.62 bits per heavy atom. The molecule has 4 heteroatoms. The van der Waals surface area contributed by atoms with Gasteiger partial charge in [-0.25, -0.2) is 4.79 Å². The lowest BCUT2D eigenvalue weighted by Gasteiger charge is -2.11. The van der Waals surface area contributed by atoms with Crippen LogP contribution in [0.1, 0.15) is 5.56 Å². The molecule has 0 saturated carbocycles. The molecule has 0 heterocycles. The van der Waals surface area contributed by atoms with Crippen molar-refractivity contribution in [2.75, 3.05) is 7.11 Å². The zero-order valence-corrected chi connectivity index (χ0v) is 11.7. The highest BCUT2D eigenvalue weighted by molar-refractivity contribution is 5.83. The van der Waals surface area contributed by atoms with Crippen molar-refractivity contribution in [1.82, 2.24) is 0 Å². The lowest BCUT2D eigenvalue weighted by molar-refractivity contribution is -0.129. The number of carbonyl (C=O) groups excluding carboxylic acids is 1. The third kappa shape index (κ3) is 4.11. The fraction of sp³-hybridized carbons (Fsp3) is 0.118. The van der Waals surface area contributed by atoms with E-state index in [0.29, 0.717) is 18.1 Å². The fourth-order valence-corrected chi connectivity index (χ4v) is 1.73. The highest BCUT2D eigenvalue weighted by Gasteiger charge is 2.08. The van der Waals surface area contributed by atoms with Crippen LogP contribution in [0.15, 0.2) is 61.2 Å². The Labute approximate surface area is 123 Å². The first-order valence-electron chi connectivity index (χ1n) is 6.42. The summed E-state index contributed by atoms with van der Waals surface area (Å²) in [5.74, 6) is 1.11. The monoisotopic (exact) mass is 284 g/mol. The van der Waals surface area contributed by atoms with Crippen molar-refractivity contribution in [3.05, 3.63) is 66.7 Å². The standard InChI is InChI=1S/C17H16O4/c1-3-17(18)21-16-10-5-4-9-15(16)20-12-13-7-6-8-14(11-13)19-2/h3-11H,1,12H2,2H3. The molecular formula is C17H16O4. The number of carbonyl (C=O) groups is 1. The minimum absolute atomic E-state index is 0.347. The molecule has 0 fully saturated rings. The number of ether oxygens (including phenoxy) is 3. The summed E-state index contributed by atoms with van der Waals surface area (Å²) in [7, 11) is 1.62. The quantitative estimate of drug-likeness (QED) is 0.463. The molecule has 0 aliphatic heterocycles. The van der Waals surface area contributed by atoms with Crippen LogP contribution in [0, 0.1) is 0 Å². The SMILES string of the molecule is C=CC(=O)Oc1ccccc1OCc1cccc(OC)c1. The van der Waals surface area contributed by atoms with Crippen molar-refractivity contribution in [2.45, 2.75) is 6.61 Å². The van der Waals surface area contributed by atoms with Crippen LogP contribution in [0.4, 0.5) is 0 Å². The van der Waals surface area contributed by atoms with Gasteiger partial charge in [0, 0.05) is 6.08 Å². The predicted octanol–water partition coefficient (Wildman–Crippen LogP) is 3.37. The smallest absolute Gasteiger partial charge is 0.335 e. The van der Waals surface area contributed by atoms with Crippen molar-refractivity contribution < 1.29 is 19.0 Å². The molecule has 0 radical (unpaired) electrons. The summed E-state index contributed by atoms with van der Waals surface area (Å²) >= 11 is 0. The number of hydrogen-bond donors (Lipinski definition) is 0. The van der Waals surface area contributed by atoms with Gasteiger partial charge < -0.3 is 14.2 Å². The van der Waals surface area contributed by atoms with Gasteiger partial charge in [0.05, 0.1) is 7.11 Å². The van der Waals surface area contributed by atoms with E-state index in [9.17, 15) is 4.79 Å². The molecule has 0 amide bonds. The molecule has 0 spiro atoms. The lowest BCUT2D eigenvalue weighted by Crippen LogP contribution is -2.05. The van der Waals surface area contributed by atoms with Crippen LogP contribution in [0.3, 0.4) is 0 Å². The van der Waals surface area contributed by atoms with Crippen LogP contribution < -0.4 is 14.2 Å². The fourth-order valence-electron chi connectivity index (χ4n) is 1.73. The Morgan fingerprint density at radius 1 is 1.14 bits per heavy atom. The summed E-state index contributed by atoms with van der Waals surface area (Å²) in [4.78, 5) is 11.3. The number of methoxy groups -OCH3 is 1. The van der Waals surface area contributed by atoms with Gasteiger partial charge in [-0.15, -0.1) is 0 Å². The van der Waals surface area contributed by atoms with E-state index < -0.39 is 5.97 Å². The van der Waals surface area contributed by atoms with Crippen LogP contribution in [-0.4, -0.2) is 13.1 Å². The number of hydrogen-bond acceptors (Lipinski definition) is 4. The largest absolute Gasteiger partial charge is 0.497 e. The molecule has 0 aliphatic carbocycles. The molecule has 2 aromatic rings. The van der Waals surface area contributed by atoms with Gasteiger partial charge in [-0.1, -0.05) is 30.8 Å². The first kappa shape index (κ1) is 14.7. The molecule has 0 bridgehead atoms. The molecule has 0 N–H and O–H groups in total. The van der Waals surface area contributed by atoms with Crippen molar-refractivity contribution in [3.8, 4) is 17.2 Å². The van der Waals surface area contributed by atoms with Gasteiger partial charge in [0.15, 0.2) is 11.5 Å². The van der Waals surface area contributed by atoms with E-state index in [1.54, 1.807) is 25.3 Å². The van der Waals surface area contributed by atoms with E-state index in [2.05, 4.69) is 6.58 Å². The number of rotatable bonds is 6. The maximum absolute atomic E-state index is 11.3. The number of para-hydroxylation sites is 2. The Hall–Kier alpha value is -2.75. The maximum atomic E-state index is 11.3. The summed E-state index contributed by atoms with van der Waals surface area (Å²) in [6.07, 6.45) is 1.11. The molecule has 2 aromatic carbocycles. The van der Waals surface area contributed by atoms with E-state index in [1.165, 1.54) is 0 Å². The number of esters is 1. The molecule has 108 valence electrons. The van der Waals surface area contributed by atoms with Crippen molar-refractivity contribution in [2.24, 2.45) is 0 Å². The van der Waals surface area contributed by atoms with Gasteiger partial charge in [0.2, 0.25) is 0 Å². The average molecular weight is 284 g/mol. The third-order valence-electron chi connectivity index (χ3n) is 2.75. The molecule has 21 heavy (non-hydrogen) atoms. The minimum atomic E-state index is -0.521. The highest BCUT2D eigenvalue weighted by Crippen LogP contribution is 2.27. The summed E-state index contributed by atoms with van der Waals surface area (Å²) in [6.45, 7) is 3.72. The van der Waals surface area contributed by atoms with Crippen LogP contribution in [0.2, 0.25) is 0 Å². The average Bonchev–Trinajstić information content (AvgIpc) is 2.54. The van der Waals surface area contributed by atoms with E-state index in [-0.39, 0.29) is 0 Å². The summed E-state index contributed by atoms with van der Waals surface area (Å²) in [6, 6.07) is 14.6. The first-order chi connectivity index (χ1) is 10.2. The second-order valence-corrected chi connectivity index (χ2v) is 4.21. The molecule has 4 nitrogen and oxygen atoms in total. The molecule has 0 aromatic heterocycles. The van der Waals surface area contributed by atoms with E-state index in [0.717, 1.165) is 17.4 Å². The van der Waals surface area contributed by atoms with Gasteiger partial charge in [0.1, 0.15) is 12.4 Å². The zero-order chi connectivity index (χ0) is 15.1. The van der Waals surface area contributed by atoms with Gasteiger partial charge in [-0.05, 0) is 29.8 Å². The van der Waals surface area contributed by atoms with Crippen molar-refractivity contribution in [1.29, 1.82) is 0 Å². The van der Waals surface area contributed by atoms with Gasteiger partial charge in [-0.3, -0.25) is 0 Å². The second-order valence-electron chi connectivity index (χ2n) is 4.21. The second kappa shape index (κ2) is 7.14. The Balaban J connectivity index is 2.08. The predicted molar refractivity (Wildman–Crippen MR) is 79.6 cm³/mol. The van der Waals surface area contributed by atoms with Gasteiger partial charge in [0.25, 0.3) is 0 Å². The lowest BCUT2D eigenvalue weighted by atomic mass is 10.2. The van der Waals surface area contributed by atoms with Crippen molar-refractivity contribution in [3.63, 3.8) is 0 Å². The molecule has 0 saturated heterocycles. The van der Waals surface area contributed by atoms with Gasteiger partial charge >= 0.3 is 5.97 Å². The maximum Gasteiger partial charge on any atom is 0.335 e. The zero-order valence-electron chi connectivity index (χ0n) is 11.7. The molecule has 0 atom stereocenters. The summed E-state index contributed by atoms with van der Waals surface area (Å²) in [5, 5.41) is 0. The van der Waals surface area contributed by atoms with E-state index in [1.807, 2.05) is 30.3 Å². The Kier molecular flexibility index (Phi) is 4.99.